The van der Waals surface area contributed by atoms with Crippen molar-refractivity contribution in [2.75, 3.05) is 17.0 Å². The fourth-order valence-electron chi connectivity index (χ4n) is 5.30. The number of aromatic nitrogens is 1. The van der Waals surface area contributed by atoms with Crippen LogP contribution in [0, 0.1) is 13.8 Å². The van der Waals surface area contributed by atoms with Crippen molar-refractivity contribution >= 4 is 34.7 Å². The van der Waals surface area contributed by atoms with E-state index in [2.05, 4.69) is 21.7 Å². The van der Waals surface area contributed by atoms with Crippen LogP contribution in [0.5, 0.6) is 5.75 Å². The number of hydrogen-bond acceptors (Lipinski definition) is 7. The van der Waals surface area contributed by atoms with Crippen LogP contribution in [0.2, 0.25) is 0 Å². The lowest BCUT2D eigenvalue weighted by Gasteiger charge is -2.13. The molecule has 2 N–H and O–H groups in total. The highest BCUT2D eigenvalue weighted by molar-refractivity contribution is 6.71. The minimum absolute atomic E-state index is 0.0496. The second kappa shape index (κ2) is 9.81. The normalized spacial score (nSPS) is 15.7. The van der Waals surface area contributed by atoms with Gasteiger partial charge in [0.25, 0.3) is 0 Å². The monoisotopic (exact) mass is 513 g/mol. The van der Waals surface area contributed by atoms with Gasteiger partial charge in [0.1, 0.15) is 5.75 Å². The molecule has 196 valence electrons. The molecule has 0 radical (unpaired) electrons. The molecule has 3 aromatic rings. The molecular formula is C29H31N5O4. The van der Waals surface area contributed by atoms with Crippen molar-refractivity contribution in [3.05, 3.63) is 64.3 Å². The highest BCUT2D eigenvalue weighted by Crippen LogP contribution is 2.39. The number of nitrogens with zero attached hydrogens (tertiary/aromatic N) is 4. The lowest BCUT2D eigenvalue weighted by Crippen LogP contribution is -2.28. The van der Waals surface area contributed by atoms with Gasteiger partial charge in [0.15, 0.2) is 5.71 Å². The Labute approximate surface area is 221 Å². The topological polar surface area (TPSA) is 109 Å². The van der Waals surface area contributed by atoms with E-state index in [0.29, 0.717) is 33.8 Å². The van der Waals surface area contributed by atoms with E-state index in [9.17, 15) is 14.7 Å². The van der Waals surface area contributed by atoms with E-state index >= 15 is 0 Å². The lowest BCUT2D eigenvalue weighted by atomic mass is 10.0. The molecule has 2 aliphatic rings. The van der Waals surface area contributed by atoms with Gasteiger partial charge in [-0.25, -0.2) is 4.79 Å². The van der Waals surface area contributed by atoms with Gasteiger partial charge in [-0.05, 0) is 87.9 Å². The van der Waals surface area contributed by atoms with Crippen molar-refractivity contribution < 1.29 is 19.4 Å². The number of para-hydroxylation sites is 1. The fraction of sp³-hybridized carbons (Fsp3) is 0.310. The van der Waals surface area contributed by atoms with Crippen LogP contribution in [0.3, 0.4) is 0 Å². The number of hydrogen-bond donors (Lipinski definition) is 2. The van der Waals surface area contributed by atoms with E-state index in [1.54, 1.807) is 32.0 Å². The number of phenols is 1. The van der Waals surface area contributed by atoms with Crippen LogP contribution in [-0.4, -0.2) is 39.6 Å². The Morgan fingerprint density at radius 1 is 1.16 bits per heavy atom. The molecule has 1 aliphatic heterocycles. The largest absolute Gasteiger partial charge is 0.505 e. The van der Waals surface area contributed by atoms with Crippen LogP contribution in [0.15, 0.2) is 46.6 Å². The Morgan fingerprint density at radius 2 is 1.92 bits per heavy atom. The SMILES string of the molecule is CCOC(=O)c1c(C)c(-c2cccc(NN=C3C(=O)N(c4ccc5c(c4)CCC5)N=C3C)c2O)n(C)c1C. The molecule has 2 aromatic carbocycles. The zero-order chi connectivity index (χ0) is 27.1. The Morgan fingerprint density at radius 3 is 2.68 bits per heavy atom. The van der Waals surface area contributed by atoms with Gasteiger partial charge in [0.05, 0.1) is 35.0 Å². The number of fused-ring (bicyclic) bond motifs is 1. The smallest absolute Gasteiger partial charge is 0.340 e. The zero-order valence-electron chi connectivity index (χ0n) is 22.3. The molecule has 0 saturated carbocycles. The van der Waals surface area contributed by atoms with Crippen molar-refractivity contribution in [2.45, 2.75) is 47.0 Å². The molecule has 9 heteroatoms. The summed E-state index contributed by atoms with van der Waals surface area (Å²) < 4.78 is 7.09. The van der Waals surface area contributed by atoms with Crippen LogP contribution in [0.4, 0.5) is 11.4 Å². The highest BCUT2D eigenvalue weighted by atomic mass is 16.5. The van der Waals surface area contributed by atoms with Crippen LogP contribution in [0.1, 0.15) is 53.0 Å². The summed E-state index contributed by atoms with van der Waals surface area (Å²) in [5, 5.41) is 21.3. The first kappa shape index (κ1) is 25.3. The molecule has 0 fully saturated rings. The van der Waals surface area contributed by atoms with Crippen molar-refractivity contribution in [1.82, 2.24) is 4.57 Å². The summed E-state index contributed by atoms with van der Waals surface area (Å²) in [5.41, 5.74) is 10.3. The Hall–Kier alpha value is -4.40. The number of aromatic hydroxyl groups is 1. The summed E-state index contributed by atoms with van der Waals surface area (Å²) in [5.74, 6) is -0.782. The molecule has 1 amide bonds. The quantitative estimate of drug-likeness (QED) is 0.278. The molecule has 0 bridgehead atoms. The number of benzene rings is 2. The van der Waals surface area contributed by atoms with Crippen LogP contribution >= 0.6 is 0 Å². The summed E-state index contributed by atoms with van der Waals surface area (Å²) >= 11 is 0. The summed E-state index contributed by atoms with van der Waals surface area (Å²) in [7, 11) is 1.84. The Kier molecular flexibility index (Phi) is 6.52. The molecule has 1 aromatic heterocycles. The average Bonchev–Trinajstić information content (AvgIpc) is 3.53. The maximum Gasteiger partial charge on any atom is 0.340 e. The number of anilines is 2. The molecule has 0 saturated heterocycles. The number of aryl methyl sites for hydroxylation is 2. The highest BCUT2D eigenvalue weighted by Gasteiger charge is 2.32. The maximum atomic E-state index is 13.2. The van der Waals surface area contributed by atoms with Crippen molar-refractivity contribution in [2.24, 2.45) is 17.3 Å². The molecule has 0 spiro atoms. The Bertz CT molecular complexity index is 1530. The van der Waals surface area contributed by atoms with E-state index in [1.807, 2.05) is 37.6 Å². The van der Waals surface area contributed by atoms with E-state index in [-0.39, 0.29) is 24.0 Å². The van der Waals surface area contributed by atoms with Crippen LogP contribution in [0.25, 0.3) is 11.3 Å². The van der Waals surface area contributed by atoms with E-state index < -0.39 is 5.97 Å². The molecule has 1 aliphatic carbocycles. The van der Waals surface area contributed by atoms with Crippen molar-refractivity contribution in [1.29, 1.82) is 0 Å². The summed E-state index contributed by atoms with van der Waals surface area (Å²) in [6.07, 6.45) is 3.20. The second-order valence-corrected chi connectivity index (χ2v) is 9.60. The van der Waals surface area contributed by atoms with Crippen molar-refractivity contribution in [3.8, 4) is 17.0 Å². The van der Waals surface area contributed by atoms with Gasteiger partial charge in [-0.2, -0.15) is 15.2 Å². The van der Waals surface area contributed by atoms with Gasteiger partial charge in [0, 0.05) is 18.3 Å². The van der Waals surface area contributed by atoms with Gasteiger partial charge < -0.3 is 14.4 Å². The molecule has 2 heterocycles. The van der Waals surface area contributed by atoms with Crippen LogP contribution in [-0.2, 0) is 29.4 Å². The van der Waals surface area contributed by atoms with Gasteiger partial charge in [-0.1, -0.05) is 12.1 Å². The average molecular weight is 514 g/mol. The van der Waals surface area contributed by atoms with Crippen LogP contribution < -0.4 is 10.4 Å². The predicted octanol–water partition coefficient (Wildman–Crippen LogP) is 4.87. The minimum Gasteiger partial charge on any atom is -0.505 e. The molecular weight excluding hydrogens is 482 g/mol. The Balaban J connectivity index is 1.43. The first-order valence-corrected chi connectivity index (χ1v) is 12.7. The summed E-state index contributed by atoms with van der Waals surface area (Å²) in [6.45, 7) is 7.45. The summed E-state index contributed by atoms with van der Waals surface area (Å²) in [4.78, 5) is 25.7. The molecule has 0 unspecified atom stereocenters. The van der Waals surface area contributed by atoms with Crippen molar-refractivity contribution in [3.63, 3.8) is 0 Å². The van der Waals surface area contributed by atoms with E-state index in [1.165, 1.54) is 16.1 Å². The standard InChI is InChI=1S/C29H31N5O4/c1-6-38-29(37)24-16(2)26(33(5)18(24)4)22-11-8-12-23(27(22)35)30-31-25-17(3)32-34(28(25)36)21-14-13-19-9-7-10-20(19)15-21/h8,11-15,30,35H,6-7,9-10H2,1-5H3. The minimum atomic E-state index is -0.396. The number of ether oxygens (including phenoxy) is 1. The molecule has 9 nitrogen and oxygen atoms in total. The van der Waals surface area contributed by atoms with Gasteiger partial charge in [0.2, 0.25) is 0 Å². The molecule has 0 atom stereocenters. The third kappa shape index (κ3) is 4.13. The number of carbonyl (C=O) groups is 2. The third-order valence-electron chi connectivity index (χ3n) is 7.30. The van der Waals surface area contributed by atoms with Gasteiger partial charge in [-0.15, -0.1) is 0 Å². The second-order valence-electron chi connectivity index (χ2n) is 9.60. The van der Waals surface area contributed by atoms with Gasteiger partial charge in [-0.3, -0.25) is 10.2 Å². The number of carbonyl (C=O) groups excluding carboxylic acids is 2. The third-order valence-corrected chi connectivity index (χ3v) is 7.30. The first-order chi connectivity index (χ1) is 18.2. The number of nitrogens with one attached hydrogen (secondary N) is 1. The van der Waals surface area contributed by atoms with E-state index in [4.69, 9.17) is 4.74 Å². The molecule has 38 heavy (non-hydrogen) atoms. The zero-order valence-corrected chi connectivity index (χ0v) is 22.3. The van der Waals surface area contributed by atoms with E-state index in [0.717, 1.165) is 30.6 Å². The molecule has 5 rings (SSSR count). The fourth-order valence-corrected chi connectivity index (χ4v) is 5.30. The number of esters is 1. The number of rotatable bonds is 6. The summed E-state index contributed by atoms with van der Waals surface area (Å²) in [6, 6.07) is 11.2. The predicted molar refractivity (Wildman–Crippen MR) is 148 cm³/mol. The van der Waals surface area contributed by atoms with Gasteiger partial charge >= 0.3 is 11.9 Å². The number of hydrazone groups is 2. The number of phenolic OH excluding ortho intramolecular Hbond substituents is 1. The first-order valence-electron chi connectivity index (χ1n) is 12.7. The maximum absolute atomic E-state index is 13.2. The lowest BCUT2D eigenvalue weighted by molar-refractivity contribution is -0.112. The number of amides is 1.